The van der Waals surface area contributed by atoms with E-state index in [1.165, 1.54) is 35.0 Å². The van der Waals surface area contributed by atoms with Crippen LogP contribution in [0.2, 0.25) is 0 Å². The van der Waals surface area contributed by atoms with Crippen LogP contribution < -0.4 is 16.2 Å². The molecule has 0 aromatic carbocycles. The van der Waals surface area contributed by atoms with Crippen LogP contribution in [0, 0.1) is 0 Å². The molecule has 2 aliphatic heterocycles. The second kappa shape index (κ2) is 11.3. The van der Waals surface area contributed by atoms with Gasteiger partial charge in [0.05, 0.1) is 25.9 Å². The van der Waals surface area contributed by atoms with Crippen molar-refractivity contribution in [3.05, 3.63) is 29.3 Å². The summed E-state index contributed by atoms with van der Waals surface area (Å²) in [5, 5.41) is 42.8. The average Bonchev–Trinajstić information content (AvgIpc) is 3.73. The number of nitrogen functional groups attached to an aromatic ring is 1. The molecule has 1 unspecified atom stereocenters. The Balaban J connectivity index is 1.18. The third kappa shape index (κ3) is 5.35. The number of fused-ring (bicyclic) bond motifs is 2. The van der Waals surface area contributed by atoms with Crippen molar-refractivity contribution in [2.24, 2.45) is 0 Å². The third-order valence-electron chi connectivity index (χ3n) is 7.64. The number of nitrogens with zero attached hydrogens (tertiary/aromatic N) is 8. The number of aliphatic hydroxyl groups excluding tert-OH is 3. The smallest absolute Gasteiger partial charge is 0.394 e. The predicted molar refractivity (Wildman–Crippen MR) is 150 cm³/mol. The Bertz CT molecular complexity index is 1830. The Labute approximate surface area is 252 Å². The molecule has 0 radical (unpaired) electrons. The lowest BCUT2D eigenvalue weighted by Gasteiger charge is -2.31. The zero-order valence-electron chi connectivity index (χ0n) is 24.0. The van der Waals surface area contributed by atoms with Gasteiger partial charge in [-0.15, -0.1) is 0 Å². The number of aromatic amines is 1. The van der Waals surface area contributed by atoms with Gasteiger partial charge >= 0.3 is 7.82 Å². The summed E-state index contributed by atoms with van der Waals surface area (Å²) in [5.41, 5.74) is 3.57. The minimum atomic E-state index is -5.06. The van der Waals surface area contributed by atoms with Gasteiger partial charge in [0, 0.05) is 14.1 Å². The number of H-pyrrole nitrogens is 1. The van der Waals surface area contributed by atoms with Crippen LogP contribution >= 0.6 is 7.82 Å². The van der Waals surface area contributed by atoms with E-state index < -0.39 is 75.2 Å². The molecule has 0 aliphatic carbocycles. The van der Waals surface area contributed by atoms with E-state index in [-0.39, 0.29) is 34.1 Å². The monoisotopic (exact) mass is 654 g/mol. The van der Waals surface area contributed by atoms with E-state index in [1.807, 2.05) is 0 Å². The first-order valence-corrected chi connectivity index (χ1v) is 15.0. The van der Waals surface area contributed by atoms with Crippen LogP contribution in [0.3, 0.4) is 0 Å². The van der Waals surface area contributed by atoms with Crippen LogP contribution in [0.1, 0.15) is 19.4 Å². The molecule has 21 nitrogen and oxygen atoms in total. The van der Waals surface area contributed by atoms with Gasteiger partial charge < -0.3 is 45.4 Å². The number of imidazole rings is 2. The van der Waals surface area contributed by atoms with Gasteiger partial charge in [0.25, 0.3) is 5.56 Å². The molecule has 0 amide bonds. The van der Waals surface area contributed by atoms with Gasteiger partial charge in [-0.05, 0) is 6.92 Å². The number of hydrogen-bond acceptors (Lipinski definition) is 17. The fraction of sp³-hybridized carbons (Fsp3) is 0.565. The maximum absolute atomic E-state index is 13.1. The normalized spacial score (nSPS) is 31.6. The van der Waals surface area contributed by atoms with E-state index in [1.54, 1.807) is 19.0 Å². The highest BCUT2D eigenvalue weighted by Gasteiger charge is 2.57. The molecule has 0 bridgehead atoms. The molecule has 45 heavy (non-hydrogen) atoms. The molecule has 9 atom stereocenters. The van der Waals surface area contributed by atoms with Gasteiger partial charge in [-0.2, -0.15) is 4.98 Å². The maximum atomic E-state index is 13.1. The van der Waals surface area contributed by atoms with Crippen LogP contribution in [0.15, 0.2) is 23.8 Å². The third-order valence-corrected chi connectivity index (χ3v) is 8.61. The maximum Gasteiger partial charge on any atom is 0.472 e. The largest absolute Gasteiger partial charge is 0.472 e. The number of aliphatic hydroxyl groups is 4. The number of nitrogens with two attached hydrogens (primary N) is 1. The van der Waals surface area contributed by atoms with E-state index in [0.717, 1.165) is 0 Å². The highest BCUT2D eigenvalue weighted by atomic mass is 31.2. The summed E-state index contributed by atoms with van der Waals surface area (Å²) in [7, 11) is -1.76. The van der Waals surface area contributed by atoms with E-state index in [4.69, 9.17) is 24.3 Å². The topological polar surface area (TPSA) is 292 Å². The van der Waals surface area contributed by atoms with E-state index in [2.05, 4.69) is 29.9 Å². The molecule has 2 saturated heterocycles. The summed E-state index contributed by atoms with van der Waals surface area (Å²) in [4.78, 5) is 47.7. The van der Waals surface area contributed by atoms with E-state index in [0.29, 0.717) is 0 Å². The summed E-state index contributed by atoms with van der Waals surface area (Å²) >= 11 is 0. The second-order valence-electron chi connectivity index (χ2n) is 11.0. The van der Waals surface area contributed by atoms with Gasteiger partial charge in [-0.25, -0.2) is 24.5 Å². The van der Waals surface area contributed by atoms with Gasteiger partial charge in [0.15, 0.2) is 35.1 Å². The zero-order chi connectivity index (χ0) is 32.4. The Morgan fingerprint density at radius 3 is 2.51 bits per heavy atom. The number of aromatic nitrogens is 8. The minimum absolute atomic E-state index is 0.0359. The van der Waals surface area contributed by atoms with Crippen molar-refractivity contribution in [1.29, 1.82) is 0 Å². The molecular weight excluding hydrogens is 623 g/mol. The highest BCUT2D eigenvalue weighted by molar-refractivity contribution is 7.47. The summed E-state index contributed by atoms with van der Waals surface area (Å²) in [5.74, 6) is 0.277. The Morgan fingerprint density at radius 2 is 1.80 bits per heavy atom. The van der Waals surface area contributed by atoms with Gasteiger partial charge in [0.1, 0.15) is 48.0 Å². The van der Waals surface area contributed by atoms with E-state index in [9.17, 15) is 34.7 Å². The fourth-order valence-electron chi connectivity index (χ4n) is 5.34. The summed E-state index contributed by atoms with van der Waals surface area (Å²) < 4.78 is 37.6. The van der Waals surface area contributed by atoms with Gasteiger partial charge in [-0.1, -0.05) is 0 Å². The van der Waals surface area contributed by atoms with Crippen LogP contribution in [-0.4, -0.2) is 128 Å². The van der Waals surface area contributed by atoms with Crippen LogP contribution in [0.4, 0.5) is 11.8 Å². The van der Waals surface area contributed by atoms with Crippen LogP contribution in [0.5, 0.6) is 0 Å². The molecule has 8 N–H and O–H groups in total. The predicted octanol–water partition coefficient (Wildman–Crippen LogP) is -2.63. The lowest BCUT2D eigenvalue weighted by atomic mass is 9.96. The molecule has 2 aliphatic rings. The summed E-state index contributed by atoms with van der Waals surface area (Å²) in [6, 6.07) is 0. The molecule has 0 spiro atoms. The van der Waals surface area contributed by atoms with Crippen molar-refractivity contribution in [2.45, 2.75) is 55.5 Å². The Hall–Kier alpha value is -3.63. The highest BCUT2D eigenvalue weighted by Crippen LogP contribution is 2.52. The lowest BCUT2D eigenvalue weighted by molar-refractivity contribution is -0.0959. The molecule has 22 heteroatoms. The lowest BCUT2D eigenvalue weighted by Crippen LogP contribution is -2.45. The number of phosphoric ester groups is 1. The SMILES string of the molecule is CN(C)c1nc2c(ncn2[C@@H]2O[C@H](CO)[C@@H](OP(=O)(O)OC[C@H]3O[C@@H](n4cnc5c(N)ncnc54)[C@H](O)[C@@H]3O)[C@@]2(C)O)c(=O)[nH]1. The van der Waals surface area contributed by atoms with Crippen molar-refractivity contribution in [3.63, 3.8) is 0 Å². The van der Waals surface area contributed by atoms with Crippen molar-refractivity contribution in [1.82, 2.24) is 39.0 Å². The molecule has 2 fully saturated rings. The number of hydrogen-bond donors (Lipinski definition) is 7. The number of ether oxygens (including phenoxy) is 2. The summed E-state index contributed by atoms with van der Waals surface area (Å²) in [6.07, 6.45) is -6.33. The molecule has 0 saturated carbocycles. The number of rotatable bonds is 9. The van der Waals surface area contributed by atoms with Crippen LogP contribution in [0.25, 0.3) is 22.3 Å². The number of nitrogens with one attached hydrogen (secondary N) is 1. The van der Waals surface area contributed by atoms with Gasteiger partial charge in [0.2, 0.25) is 5.95 Å². The van der Waals surface area contributed by atoms with Crippen LogP contribution in [-0.2, 0) is 23.1 Å². The van der Waals surface area contributed by atoms with E-state index >= 15 is 0 Å². The average molecular weight is 655 g/mol. The molecule has 244 valence electrons. The molecule has 4 aromatic heterocycles. The Morgan fingerprint density at radius 1 is 1.09 bits per heavy atom. The first kappa shape index (κ1) is 31.4. The number of anilines is 2. The van der Waals surface area contributed by atoms with Crippen molar-refractivity contribution >= 4 is 41.9 Å². The standard InChI is InChI=1S/C23H31N10O11P/c1-23(38)15(9(4-34)43-21(23)33-8-28-12-18(33)29-22(31(2)3)30-19(12)37)44-45(39,40)41-5-10-13(35)14(36)20(42-10)32-7-27-11-16(24)25-6-26-17(11)32/h6-10,13-15,20-21,34-36,38H,4-5H2,1-3H3,(H,39,40)(H2,24,25,26)(H,29,30,37)/t9-,10-,13-,14-,15-,20-,21-,23-/m1/s1. The van der Waals surface area contributed by atoms with Crippen molar-refractivity contribution in [3.8, 4) is 0 Å². The Kier molecular flexibility index (Phi) is 7.88. The summed E-state index contributed by atoms with van der Waals surface area (Å²) in [6.45, 7) is -0.242. The minimum Gasteiger partial charge on any atom is -0.394 e. The first-order valence-electron chi connectivity index (χ1n) is 13.5. The van der Waals surface area contributed by atoms with Crippen molar-refractivity contribution in [2.75, 3.05) is 37.9 Å². The molecule has 6 heterocycles. The quantitative estimate of drug-likeness (QED) is 0.0908. The zero-order valence-corrected chi connectivity index (χ0v) is 24.9. The molecule has 6 rings (SSSR count). The second-order valence-corrected chi connectivity index (χ2v) is 12.4. The fourth-order valence-corrected chi connectivity index (χ4v) is 6.38. The van der Waals surface area contributed by atoms with Gasteiger partial charge in [-0.3, -0.25) is 28.0 Å². The first-order chi connectivity index (χ1) is 21.2. The molecular formula is C23H31N10O11P. The number of phosphoric acid groups is 1. The molecule has 4 aromatic rings. The van der Waals surface area contributed by atoms with Crippen molar-refractivity contribution < 1.29 is 48.4 Å².